The van der Waals surface area contributed by atoms with Crippen LogP contribution in [-0.4, -0.2) is 30.8 Å². The van der Waals surface area contributed by atoms with E-state index in [1.54, 1.807) is 0 Å². The maximum absolute atomic E-state index is 12.8. The first-order valence-corrected chi connectivity index (χ1v) is 7.89. The first kappa shape index (κ1) is 16.6. The largest absolute Gasteiger partial charge is 0.352 e. The van der Waals surface area contributed by atoms with Gasteiger partial charge in [0, 0.05) is 24.6 Å². The Morgan fingerprint density at radius 1 is 1.27 bits per heavy atom. The number of carbonyl (C=O) groups is 2. The van der Waals surface area contributed by atoms with Crippen LogP contribution in [0.4, 0.5) is 4.39 Å². The van der Waals surface area contributed by atoms with Crippen LogP contribution >= 0.6 is 0 Å². The molecule has 0 radical (unpaired) electrons. The van der Waals surface area contributed by atoms with Crippen LogP contribution in [0, 0.1) is 11.7 Å². The van der Waals surface area contributed by atoms with Gasteiger partial charge in [-0.15, -0.1) is 0 Å². The number of ketones is 1. The van der Waals surface area contributed by atoms with Gasteiger partial charge in [-0.05, 0) is 37.1 Å². The fraction of sp³-hybridized carbons (Fsp3) is 0.529. The highest BCUT2D eigenvalue weighted by molar-refractivity contribution is 5.94. The number of nitrogens with one attached hydrogen (secondary N) is 2. The molecule has 1 aromatic rings. The third-order valence-electron chi connectivity index (χ3n) is 4.06. The third kappa shape index (κ3) is 4.63. The number of benzene rings is 1. The summed E-state index contributed by atoms with van der Waals surface area (Å²) in [6.07, 6.45) is 3.70. The summed E-state index contributed by atoms with van der Waals surface area (Å²) in [5.41, 5.74) is 0.469. The van der Waals surface area contributed by atoms with Gasteiger partial charge < -0.3 is 10.6 Å². The molecule has 1 saturated heterocycles. The first-order valence-electron chi connectivity index (χ1n) is 7.89. The van der Waals surface area contributed by atoms with E-state index in [1.807, 2.05) is 6.92 Å². The van der Waals surface area contributed by atoms with Crippen LogP contribution in [0.2, 0.25) is 0 Å². The van der Waals surface area contributed by atoms with Crippen molar-refractivity contribution in [3.63, 3.8) is 0 Å². The van der Waals surface area contributed by atoms with Gasteiger partial charge in [0.1, 0.15) is 5.82 Å². The van der Waals surface area contributed by atoms with Crippen molar-refractivity contribution in [1.29, 1.82) is 0 Å². The van der Waals surface area contributed by atoms with Crippen molar-refractivity contribution < 1.29 is 14.0 Å². The summed E-state index contributed by atoms with van der Waals surface area (Å²) in [6.45, 7) is 3.34. The van der Waals surface area contributed by atoms with E-state index in [0.29, 0.717) is 17.9 Å². The van der Waals surface area contributed by atoms with E-state index in [-0.39, 0.29) is 23.7 Å². The van der Waals surface area contributed by atoms with Gasteiger partial charge in [0.25, 0.3) is 5.91 Å². The van der Waals surface area contributed by atoms with Gasteiger partial charge in [-0.3, -0.25) is 9.59 Å². The molecular weight excluding hydrogens is 283 g/mol. The van der Waals surface area contributed by atoms with Crippen LogP contribution in [0.3, 0.4) is 0 Å². The number of Topliss-reactive ketones (excluding diaryl/α,β-unsaturated/α-hetero) is 1. The minimum Gasteiger partial charge on any atom is -0.352 e. The number of unbranched alkanes of at least 4 members (excludes halogenated alkanes) is 2. The Balaban J connectivity index is 1.57. The van der Waals surface area contributed by atoms with Gasteiger partial charge in [0.05, 0.1) is 6.04 Å². The van der Waals surface area contributed by atoms with Crippen molar-refractivity contribution in [3.8, 4) is 0 Å². The van der Waals surface area contributed by atoms with Gasteiger partial charge in [-0.2, -0.15) is 0 Å². The summed E-state index contributed by atoms with van der Waals surface area (Å²) in [5, 5.41) is 6.06. The molecule has 1 heterocycles. The van der Waals surface area contributed by atoms with Crippen LogP contribution in [0.15, 0.2) is 24.3 Å². The maximum atomic E-state index is 12.8. The van der Waals surface area contributed by atoms with E-state index in [4.69, 9.17) is 0 Å². The average molecular weight is 306 g/mol. The molecule has 1 unspecified atom stereocenters. The monoisotopic (exact) mass is 306 g/mol. The number of hydrogen-bond acceptors (Lipinski definition) is 3. The highest BCUT2D eigenvalue weighted by atomic mass is 19.1. The zero-order valence-corrected chi connectivity index (χ0v) is 12.9. The molecule has 5 heteroatoms. The molecule has 1 fully saturated rings. The zero-order chi connectivity index (χ0) is 15.9. The molecule has 0 spiro atoms. The molecule has 1 aliphatic rings. The van der Waals surface area contributed by atoms with Gasteiger partial charge in [0.15, 0.2) is 5.78 Å². The van der Waals surface area contributed by atoms with E-state index in [1.165, 1.54) is 24.3 Å². The fourth-order valence-electron chi connectivity index (χ4n) is 2.66. The molecule has 2 N–H and O–H groups in total. The van der Waals surface area contributed by atoms with E-state index in [0.717, 1.165) is 32.2 Å². The topological polar surface area (TPSA) is 58.2 Å². The highest BCUT2D eigenvalue weighted by Gasteiger charge is 2.29. The van der Waals surface area contributed by atoms with Crippen molar-refractivity contribution in [2.45, 2.75) is 38.6 Å². The third-order valence-corrected chi connectivity index (χ3v) is 4.06. The molecule has 2 rings (SSSR count). The Morgan fingerprint density at radius 2 is 2.00 bits per heavy atom. The molecule has 0 saturated carbocycles. The Morgan fingerprint density at radius 3 is 2.64 bits per heavy atom. The quantitative estimate of drug-likeness (QED) is 0.760. The summed E-state index contributed by atoms with van der Waals surface area (Å²) in [5.74, 6) is -0.0630. The lowest BCUT2D eigenvalue weighted by Gasteiger charge is -2.09. The smallest absolute Gasteiger partial charge is 0.251 e. The molecule has 0 aromatic heterocycles. The van der Waals surface area contributed by atoms with E-state index < -0.39 is 0 Å². The molecule has 2 atom stereocenters. The summed E-state index contributed by atoms with van der Waals surface area (Å²) in [6, 6.07) is 5.53. The number of halogens is 1. The van der Waals surface area contributed by atoms with E-state index in [9.17, 15) is 14.0 Å². The standard InChI is InChI=1S/C17H23FN2O2/c1-12-11-20-15(16(12)21)5-3-2-4-10-19-17(22)13-6-8-14(18)9-7-13/h6-9,12,15,20H,2-5,10-11H2,1H3,(H,19,22)/t12?,15-/m0/s1. The molecule has 1 amide bonds. The summed E-state index contributed by atoms with van der Waals surface area (Å²) >= 11 is 0. The van der Waals surface area contributed by atoms with Crippen LogP contribution in [-0.2, 0) is 4.79 Å². The predicted molar refractivity (Wildman–Crippen MR) is 83.2 cm³/mol. The normalized spacial score (nSPS) is 21.1. The van der Waals surface area contributed by atoms with E-state index in [2.05, 4.69) is 10.6 Å². The lowest BCUT2D eigenvalue weighted by Crippen LogP contribution is -2.27. The summed E-state index contributed by atoms with van der Waals surface area (Å²) < 4.78 is 12.8. The first-order chi connectivity index (χ1) is 10.6. The molecule has 4 nitrogen and oxygen atoms in total. The lowest BCUT2D eigenvalue weighted by atomic mass is 10.0. The number of amides is 1. The minimum absolute atomic E-state index is 0.0174. The second kappa shape index (κ2) is 8.03. The van der Waals surface area contributed by atoms with Crippen molar-refractivity contribution in [1.82, 2.24) is 10.6 Å². The fourth-order valence-corrected chi connectivity index (χ4v) is 2.66. The Labute approximate surface area is 130 Å². The molecule has 120 valence electrons. The van der Waals surface area contributed by atoms with Crippen molar-refractivity contribution in [2.24, 2.45) is 5.92 Å². The molecule has 0 aliphatic carbocycles. The van der Waals surface area contributed by atoms with E-state index >= 15 is 0 Å². The van der Waals surface area contributed by atoms with Gasteiger partial charge >= 0.3 is 0 Å². The maximum Gasteiger partial charge on any atom is 0.251 e. The number of carbonyl (C=O) groups excluding carboxylic acids is 2. The molecule has 0 bridgehead atoms. The van der Waals surface area contributed by atoms with Gasteiger partial charge in [-0.1, -0.05) is 19.8 Å². The summed E-state index contributed by atoms with van der Waals surface area (Å²) in [4.78, 5) is 23.5. The highest BCUT2D eigenvalue weighted by Crippen LogP contribution is 2.14. The van der Waals surface area contributed by atoms with Crippen LogP contribution in [0.25, 0.3) is 0 Å². The minimum atomic E-state index is -0.346. The lowest BCUT2D eigenvalue weighted by molar-refractivity contribution is -0.121. The average Bonchev–Trinajstić information content (AvgIpc) is 2.83. The van der Waals surface area contributed by atoms with Crippen LogP contribution in [0.1, 0.15) is 43.0 Å². The molecule has 1 aliphatic heterocycles. The molecule has 1 aromatic carbocycles. The molecule has 22 heavy (non-hydrogen) atoms. The zero-order valence-electron chi connectivity index (χ0n) is 12.9. The van der Waals surface area contributed by atoms with Crippen LogP contribution < -0.4 is 10.6 Å². The van der Waals surface area contributed by atoms with Crippen LogP contribution in [0.5, 0.6) is 0 Å². The second-order valence-corrected chi connectivity index (χ2v) is 5.88. The number of rotatable bonds is 7. The van der Waals surface area contributed by atoms with Gasteiger partial charge in [-0.25, -0.2) is 4.39 Å². The second-order valence-electron chi connectivity index (χ2n) is 5.88. The Hall–Kier alpha value is -1.75. The van der Waals surface area contributed by atoms with Crippen molar-refractivity contribution >= 4 is 11.7 Å². The predicted octanol–water partition coefficient (Wildman–Crippen LogP) is 2.29. The van der Waals surface area contributed by atoms with Crippen molar-refractivity contribution in [3.05, 3.63) is 35.6 Å². The Kier molecular flexibility index (Phi) is 6.07. The SMILES string of the molecule is CC1CN[C@@H](CCCCCNC(=O)c2ccc(F)cc2)C1=O. The summed E-state index contributed by atoms with van der Waals surface area (Å²) in [7, 11) is 0. The number of hydrogen-bond donors (Lipinski definition) is 2. The van der Waals surface area contributed by atoms with Crippen molar-refractivity contribution in [2.75, 3.05) is 13.1 Å². The van der Waals surface area contributed by atoms with Gasteiger partial charge in [0.2, 0.25) is 0 Å². The Bertz CT molecular complexity index is 516. The molecular formula is C17H23FN2O2.